The number of rotatable bonds is 3. The average molecular weight is 228 g/mol. The predicted octanol–water partition coefficient (Wildman–Crippen LogP) is -0.0845. The van der Waals surface area contributed by atoms with Crippen molar-refractivity contribution in [1.82, 2.24) is 10.2 Å². The van der Waals surface area contributed by atoms with Gasteiger partial charge in [0.1, 0.15) is 0 Å². The first-order valence-electron chi connectivity index (χ1n) is 5.98. The molecular weight excluding hydrogens is 208 g/mol. The lowest BCUT2D eigenvalue weighted by molar-refractivity contribution is -0.143. The van der Waals surface area contributed by atoms with Crippen LogP contribution in [0.25, 0.3) is 0 Å². The molecular formula is C11H20N2O3. The van der Waals surface area contributed by atoms with E-state index < -0.39 is 5.97 Å². The van der Waals surface area contributed by atoms with Crippen LogP contribution in [0.3, 0.4) is 0 Å². The highest BCUT2D eigenvalue weighted by atomic mass is 16.5. The van der Waals surface area contributed by atoms with Crippen molar-refractivity contribution in [3.63, 3.8) is 0 Å². The van der Waals surface area contributed by atoms with Crippen molar-refractivity contribution in [2.75, 3.05) is 39.4 Å². The Morgan fingerprint density at radius 1 is 1.31 bits per heavy atom. The summed E-state index contributed by atoms with van der Waals surface area (Å²) in [5, 5.41) is 12.4. The van der Waals surface area contributed by atoms with Gasteiger partial charge in [0.25, 0.3) is 0 Å². The summed E-state index contributed by atoms with van der Waals surface area (Å²) in [5.41, 5.74) is -0.161. The van der Waals surface area contributed by atoms with Crippen molar-refractivity contribution in [2.45, 2.75) is 24.8 Å². The lowest BCUT2D eigenvalue weighted by Crippen LogP contribution is -2.59. The number of hydrogen-bond acceptors (Lipinski definition) is 4. The smallest absolute Gasteiger partial charge is 0.305 e. The number of nitrogens with zero attached hydrogens (tertiary/aromatic N) is 1. The SMILES string of the molecule is O=C(O)CC1(N2CCNCC2)CCOCC1. The van der Waals surface area contributed by atoms with Crippen LogP contribution in [-0.4, -0.2) is 60.9 Å². The zero-order valence-corrected chi connectivity index (χ0v) is 9.57. The Morgan fingerprint density at radius 2 is 1.94 bits per heavy atom. The lowest BCUT2D eigenvalue weighted by atomic mass is 9.84. The van der Waals surface area contributed by atoms with Gasteiger partial charge in [-0.25, -0.2) is 0 Å². The maximum absolute atomic E-state index is 11.0. The summed E-state index contributed by atoms with van der Waals surface area (Å²) in [7, 11) is 0. The standard InChI is InChI=1S/C11H20N2O3/c14-10(15)9-11(1-7-16-8-2-11)13-5-3-12-4-6-13/h12H,1-9H2,(H,14,15). The van der Waals surface area contributed by atoms with Crippen LogP contribution >= 0.6 is 0 Å². The van der Waals surface area contributed by atoms with Gasteiger partial charge in [0.15, 0.2) is 0 Å². The summed E-state index contributed by atoms with van der Waals surface area (Å²) in [6.07, 6.45) is 1.94. The highest BCUT2D eigenvalue weighted by Crippen LogP contribution is 2.31. The van der Waals surface area contributed by atoms with Gasteiger partial charge in [0.05, 0.1) is 6.42 Å². The summed E-state index contributed by atoms with van der Waals surface area (Å²) < 4.78 is 5.36. The number of ether oxygens (including phenoxy) is 1. The Hall–Kier alpha value is -0.650. The third kappa shape index (κ3) is 2.53. The number of carbonyl (C=O) groups is 1. The average Bonchev–Trinajstić information content (AvgIpc) is 2.30. The molecule has 0 amide bonds. The van der Waals surface area contributed by atoms with Crippen LogP contribution in [0.2, 0.25) is 0 Å². The largest absolute Gasteiger partial charge is 0.481 e. The second kappa shape index (κ2) is 5.12. The van der Waals surface area contributed by atoms with Crippen molar-refractivity contribution in [2.24, 2.45) is 0 Å². The molecule has 2 N–H and O–H groups in total. The topological polar surface area (TPSA) is 61.8 Å². The van der Waals surface area contributed by atoms with Gasteiger partial charge < -0.3 is 15.2 Å². The van der Waals surface area contributed by atoms with Gasteiger partial charge in [-0.2, -0.15) is 0 Å². The monoisotopic (exact) mass is 228 g/mol. The molecule has 0 spiro atoms. The Labute approximate surface area is 95.8 Å². The minimum absolute atomic E-state index is 0.161. The number of carboxylic acids is 1. The van der Waals surface area contributed by atoms with Crippen LogP contribution in [0.1, 0.15) is 19.3 Å². The molecule has 2 aliphatic rings. The quantitative estimate of drug-likeness (QED) is 0.707. The van der Waals surface area contributed by atoms with Crippen LogP contribution < -0.4 is 5.32 Å². The van der Waals surface area contributed by atoms with Gasteiger partial charge >= 0.3 is 5.97 Å². The van der Waals surface area contributed by atoms with Crippen LogP contribution in [0.5, 0.6) is 0 Å². The van der Waals surface area contributed by atoms with E-state index in [1.807, 2.05) is 0 Å². The molecule has 92 valence electrons. The van der Waals surface area contributed by atoms with Gasteiger partial charge in [-0.3, -0.25) is 9.69 Å². The molecule has 2 heterocycles. The van der Waals surface area contributed by atoms with E-state index in [1.165, 1.54) is 0 Å². The molecule has 2 rings (SSSR count). The third-order valence-electron chi connectivity index (χ3n) is 3.69. The van der Waals surface area contributed by atoms with Crippen molar-refractivity contribution in [1.29, 1.82) is 0 Å². The number of carboxylic acid groups (broad SMARTS) is 1. The molecule has 5 nitrogen and oxygen atoms in total. The minimum Gasteiger partial charge on any atom is -0.481 e. The van der Waals surface area contributed by atoms with E-state index in [2.05, 4.69) is 10.2 Å². The molecule has 0 aromatic rings. The normalized spacial score (nSPS) is 26.5. The maximum atomic E-state index is 11.0. The Kier molecular flexibility index (Phi) is 3.78. The van der Waals surface area contributed by atoms with Gasteiger partial charge in [-0.15, -0.1) is 0 Å². The highest BCUT2D eigenvalue weighted by Gasteiger charge is 2.40. The Morgan fingerprint density at radius 3 is 2.50 bits per heavy atom. The minimum atomic E-state index is -0.694. The number of piperazine rings is 1. The fraction of sp³-hybridized carbons (Fsp3) is 0.909. The van der Waals surface area contributed by atoms with E-state index in [-0.39, 0.29) is 12.0 Å². The Balaban J connectivity index is 2.07. The molecule has 0 atom stereocenters. The fourth-order valence-electron chi connectivity index (χ4n) is 2.78. The summed E-state index contributed by atoms with van der Waals surface area (Å²) in [5.74, 6) is -0.694. The molecule has 2 fully saturated rings. The molecule has 2 saturated heterocycles. The summed E-state index contributed by atoms with van der Waals surface area (Å²) in [4.78, 5) is 13.4. The molecule has 0 bridgehead atoms. The van der Waals surface area contributed by atoms with Crippen molar-refractivity contribution >= 4 is 5.97 Å². The second-order valence-corrected chi connectivity index (χ2v) is 4.64. The van der Waals surface area contributed by atoms with Crippen LogP contribution in [0.15, 0.2) is 0 Å². The van der Waals surface area contributed by atoms with E-state index in [0.717, 1.165) is 39.0 Å². The molecule has 0 saturated carbocycles. The molecule has 0 aromatic heterocycles. The Bertz CT molecular complexity index is 246. The number of aliphatic carboxylic acids is 1. The maximum Gasteiger partial charge on any atom is 0.305 e. The van der Waals surface area contributed by atoms with E-state index >= 15 is 0 Å². The van der Waals surface area contributed by atoms with E-state index in [0.29, 0.717) is 13.2 Å². The molecule has 0 aliphatic carbocycles. The summed E-state index contributed by atoms with van der Waals surface area (Å²) in [6.45, 7) is 5.21. The lowest BCUT2D eigenvalue weighted by Gasteiger charge is -2.47. The van der Waals surface area contributed by atoms with Gasteiger partial charge in [-0.1, -0.05) is 0 Å². The molecule has 5 heteroatoms. The number of nitrogens with one attached hydrogen (secondary N) is 1. The zero-order chi connectivity index (χ0) is 11.4. The fourth-order valence-corrected chi connectivity index (χ4v) is 2.78. The molecule has 2 aliphatic heterocycles. The number of hydrogen-bond donors (Lipinski definition) is 2. The van der Waals surface area contributed by atoms with Gasteiger partial charge in [-0.05, 0) is 12.8 Å². The van der Waals surface area contributed by atoms with Crippen LogP contribution in [-0.2, 0) is 9.53 Å². The first kappa shape index (κ1) is 11.8. The zero-order valence-electron chi connectivity index (χ0n) is 9.57. The van der Waals surface area contributed by atoms with E-state index in [4.69, 9.17) is 9.84 Å². The molecule has 0 aromatic carbocycles. The first-order valence-corrected chi connectivity index (χ1v) is 5.98. The summed E-state index contributed by atoms with van der Waals surface area (Å²) in [6, 6.07) is 0. The molecule has 16 heavy (non-hydrogen) atoms. The second-order valence-electron chi connectivity index (χ2n) is 4.64. The van der Waals surface area contributed by atoms with Crippen molar-refractivity contribution in [3.8, 4) is 0 Å². The van der Waals surface area contributed by atoms with Gasteiger partial charge in [0.2, 0.25) is 0 Å². The molecule has 0 radical (unpaired) electrons. The van der Waals surface area contributed by atoms with E-state index in [9.17, 15) is 4.79 Å². The van der Waals surface area contributed by atoms with E-state index in [1.54, 1.807) is 0 Å². The van der Waals surface area contributed by atoms with Gasteiger partial charge in [0, 0.05) is 44.9 Å². The first-order chi connectivity index (χ1) is 7.73. The highest BCUT2D eigenvalue weighted by molar-refractivity contribution is 5.68. The third-order valence-corrected chi connectivity index (χ3v) is 3.69. The molecule has 0 unspecified atom stereocenters. The van der Waals surface area contributed by atoms with Crippen LogP contribution in [0, 0.1) is 0 Å². The van der Waals surface area contributed by atoms with Crippen LogP contribution in [0.4, 0.5) is 0 Å². The predicted molar refractivity (Wildman–Crippen MR) is 59.5 cm³/mol. The summed E-state index contributed by atoms with van der Waals surface area (Å²) >= 11 is 0. The van der Waals surface area contributed by atoms with Crippen molar-refractivity contribution < 1.29 is 14.6 Å². The van der Waals surface area contributed by atoms with Crippen molar-refractivity contribution in [3.05, 3.63) is 0 Å².